The van der Waals surface area contributed by atoms with E-state index in [1.54, 1.807) is 7.11 Å². The van der Waals surface area contributed by atoms with Crippen molar-refractivity contribution in [3.8, 4) is 5.75 Å². The summed E-state index contributed by atoms with van der Waals surface area (Å²) in [6.45, 7) is 1.80. The van der Waals surface area contributed by atoms with Gasteiger partial charge < -0.3 is 15.0 Å². The Balaban J connectivity index is 1.87. The third kappa shape index (κ3) is 3.20. The van der Waals surface area contributed by atoms with Crippen LogP contribution in [0, 0.1) is 0 Å². The van der Waals surface area contributed by atoms with E-state index in [0.29, 0.717) is 16.7 Å². The molecule has 1 aromatic heterocycles. The van der Waals surface area contributed by atoms with E-state index in [9.17, 15) is 0 Å². The smallest absolute Gasteiger partial charge is 0.198 e. The van der Waals surface area contributed by atoms with Crippen molar-refractivity contribution in [3.63, 3.8) is 0 Å². The Kier molecular flexibility index (Phi) is 4.02. The van der Waals surface area contributed by atoms with E-state index >= 15 is 0 Å². The number of ether oxygens (including phenoxy) is 1. The Bertz CT molecular complexity index is 384. The lowest BCUT2D eigenvalue weighted by molar-refractivity contribution is 0.336. The number of anilines is 1. The first-order valence-electron chi connectivity index (χ1n) is 5.71. The van der Waals surface area contributed by atoms with E-state index in [1.165, 1.54) is 19.2 Å². The van der Waals surface area contributed by atoms with Gasteiger partial charge in [0.25, 0.3) is 0 Å². The van der Waals surface area contributed by atoms with Gasteiger partial charge in [-0.25, -0.2) is 9.97 Å². The van der Waals surface area contributed by atoms with Crippen LogP contribution in [0.3, 0.4) is 0 Å². The molecule has 0 unspecified atom stereocenters. The van der Waals surface area contributed by atoms with Crippen LogP contribution in [0.15, 0.2) is 6.33 Å². The molecule has 6 heteroatoms. The summed E-state index contributed by atoms with van der Waals surface area (Å²) in [5.41, 5.74) is 0. The molecule has 2 rings (SSSR count). The molecule has 0 spiro atoms. The molecule has 0 aromatic carbocycles. The number of rotatable bonds is 6. The highest BCUT2D eigenvalue weighted by molar-refractivity contribution is 6.31. The molecule has 0 saturated heterocycles. The number of likely N-dealkylation sites (N-methyl/N-ethyl adjacent to an activating group) is 1. The molecule has 1 heterocycles. The van der Waals surface area contributed by atoms with Gasteiger partial charge in [-0.15, -0.1) is 0 Å². The molecular weight excluding hydrogens is 240 g/mol. The van der Waals surface area contributed by atoms with Crippen molar-refractivity contribution in [1.29, 1.82) is 0 Å². The van der Waals surface area contributed by atoms with Crippen molar-refractivity contribution in [1.82, 2.24) is 14.9 Å². The Morgan fingerprint density at radius 3 is 2.94 bits per heavy atom. The second-order valence-electron chi connectivity index (χ2n) is 4.18. The highest BCUT2D eigenvalue weighted by atomic mass is 35.5. The van der Waals surface area contributed by atoms with Gasteiger partial charge in [-0.05, 0) is 19.9 Å². The quantitative estimate of drug-likeness (QED) is 0.785. The Morgan fingerprint density at radius 2 is 2.29 bits per heavy atom. The number of hydrogen-bond donors (Lipinski definition) is 1. The van der Waals surface area contributed by atoms with Crippen molar-refractivity contribution in [2.45, 2.75) is 18.9 Å². The van der Waals surface area contributed by atoms with E-state index in [-0.39, 0.29) is 0 Å². The summed E-state index contributed by atoms with van der Waals surface area (Å²) in [5, 5.41) is 3.55. The van der Waals surface area contributed by atoms with Crippen molar-refractivity contribution in [2.75, 3.05) is 32.6 Å². The molecular formula is C11H17ClN4O. The van der Waals surface area contributed by atoms with Crippen LogP contribution in [-0.4, -0.2) is 48.2 Å². The fourth-order valence-electron chi connectivity index (χ4n) is 1.71. The third-order valence-corrected chi connectivity index (χ3v) is 3.16. The topological polar surface area (TPSA) is 50.3 Å². The Hall–Kier alpha value is -1.07. The summed E-state index contributed by atoms with van der Waals surface area (Å²) in [5.74, 6) is 1.15. The molecule has 17 heavy (non-hydrogen) atoms. The van der Waals surface area contributed by atoms with Gasteiger partial charge >= 0.3 is 0 Å². The van der Waals surface area contributed by atoms with E-state index < -0.39 is 0 Å². The molecule has 94 valence electrons. The number of nitrogens with zero attached hydrogens (tertiary/aromatic N) is 3. The lowest BCUT2D eigenvalue weighted by atomic mass is 10.4. The van der Waals surface area contributed by atoms with Gasteiger partial charge in [0, 0.05) is 19.1 Å². The van der Waals surface area contributed by atoms with Gasteiger partial charge in [0.1, 0.15) is 6.33 Å². The lowest BCUT2D eigenvalue weighted by Crippen LogP contribution is -2.27. The summed E-state index contributed by atoms with van der Waals surface area (Å²) in [7, 11) is 3.70. The predicted octanol–water partition coefficient (Wildman–Crippen LogP) is 1.64. The number of hydrogen-bond acceptors (Lipinski definition) is 5. The van der Waals surface area contributed by atoms with Gasteiger partial charge in [-0.2, -0.15) is 0 Å². The maximum atomic E-state index is 5.90. The Labute approximate surface area is 106 Å². The third-order valence-electron chi connectivity index (χ3n) is 2.89. The fraction of sp³-hybridized carbons (Fsp3) is 0.636. The van der Waals surface area contributed by atoms with Gasteiger partial charge in [0.05, 0.1) is 7.11 Å². The minimum absolute atomic E-state index is 0.334. The average Bonchev–Trinajstić information content (AvgIpc) is 3.13. The zero-order valence-corrected chi connectivity index (χ0v) is 10.9. The largest absolute Gasteiger partial charge is 0.490 e. The highest BCUT2D eigenvalue weighted by Crippen LogP contribution is 2.28. The first kappa shape index (κ1) is 12.4. The van der Waals surface area contributed by atoms with Crippen LogP contribution in [0.4, 0.5) is 5.82 Å². The zero-order chi connectivity index (χ0) is 12.3. The molecule has 5 nitrogen and oxygen atoms in total. The van der Waals surface area contributed by atoms with Crippen molar-refractivity contribution in [2.24, 2.45) is 0 Å². The van der Waals surface area contributed by atoms with E-state index in [0.717, 1.165) is 19.1 Å². The molecule has 1 aliphatic carbocycles. The summed E-state index contributed by atoms with van der Waals surface area (Å²) < 4.78 is 5.16. The predicted molar refractivity (Wildman–Crippen MR) is 67.7 cm³/mol. The van der Waals surface area contributed by atoms with Gasteiger partial charge in [0.15, 0.2) is 16.7 Å². The second kappa shape index (κ2) is 5.51. The summed E-state index contributed by atoms with van der Waals surface area (Å²) in [4.78, 5) is 10.3. The van der Waals surface area contributed by atoms with Gasteiger partial charge in [-0.3, -0.25) is 0 Å². The van der Waals surface area contributed by atoms with Crippen molar-refractivity contribution in [3.05, 3.63) is 11.5 Å². The molecule has 0 atom stereocenters. The zero-order valence-electron chi connectivity index (χ0n) is 10.1. The van der Waals surface area contributed by atoms with Crippen molar-refractivity contribution < 1.29 is 4.74 Å². The normalized spacial score (nSPS) is 15.1. The van der Waals surface area contributed by atoms with E-state index in [4.69, 9.17) is 16.3 Å². The highest BCUT2D eigenvalue weighted by Gasteiger charge is 2.25. The maximum absolute atomic E-state index is 5.90. The molecule has 0 aliphatic heterocycles. The summed E-state index contributed by atoms with van der Waals surface area (Å²) >= 11 is 5.90. The Morgan fingerprint density at radius 1 is 1.53 bits per heavy atom. The molecule has 0 bridgehead atoms. The number of nitrogens with one attached hydrogen (secondary N) is 1. The summed E-state index contributed by atoms with van der Waals surface area (Å²) in [6.07, 6.45) is 4.07. The fourth-order valence-corrected chi connectivity index (χ4v) is 1.92. The first-order chi connectivity index (χ1) is 8.22. The van der Waals surface area contributed by atoms with Crippen LogP contribution in [0.25, 0.3) is 0 Å². The summed E-state index contributed by atoms with van der Waals surface area (Å²) in [6, 6.07) is 0.771. The van der Waals surface area contributed by atoms with Gasteiger partial charge in [0.2, 0.25) is 0 Å². The molecule has 1 saturated carbocycles. The van der Waals surface area contributed by atoms with E-state index in [2.05, 4.69) is 27.2 Å². The molecule has 1 fully saturated rings. The maximum Gasteiger partial charge on any atom is 0.198 e. The molecule has 1 N–H and O–H groups in total. The van der Waals surface area contributed by atoms with Crippen molar-refractivity contribution >= 4 is 17.4 Å². The number of methoxy groups -OCH3 is 1. The first-order valence-corrected chi connectivity index (χ1v) is 6.08. The standard InChI is InChI=1S/C11H17ClN4O/c1-16(8-3-4-8)6-5-13-11-9(17-2)10(12)14-7-15-11/h7-8H,3-6H2,1-2H3,(H,13,14,15). The molecule has 0 amide bonds. The van der Waals surface area contributed by atoms with Crippen LogP contribution < -0.4 is 10.1 Å². The monoisotopic (exact) mass is 256 g/mol. The van der Waals surface area contributed by atoms with Crippen LogP contribution in [0.1, 0.15) is 12.8 Å². The van der Waals surface area contributed by atoms with Gasteiger partial charge in [-0.1, -0.05) is 11.6 Å². The number of halogens is 1. The minimum Gasteiger partial charge on any atom is -0.490 e. The lowest BCUT2D eigenvalue weighted by Gasteiger charge is -2.16. The second-order valence-corrected chi connectivity index (χ2v) is 4.54. The van der Waals surface area contributed by atoms with Crippen LogP contribution in [0.2, 0.25) is 5.15 Å². The molecule has 1 aliphatic rings. The van der Waals surface area contributed by atoms with Crippen LogP contribution in [0.5, 0.6) is 5.75 Å². The average molecular weight is 257 g/mol. The SMILES string of the molecule is COc1c(Cl)ncnc1NCCN(C)C1CC1. The van der Waals surface area contributed by atoms with E-state index in [1.807, 2.05) is 0 Å². The van der Waals surface area contributed by atoms with Crippen LogP contribution in [-0.2, 0) is 0 Å². The minimum atomic E-state index is 0.334. The molecule has 1 aromatic rings. The van der Waals surface area contributed by atoms with Crippen LogP contribution >= 0.6 is 11.6 Å². The number of aromatic nitrogens is 2. The molecule has 0 radical (unpaired) electrons.